The topological polar surface area (TPSA) is 40.5 Å². The molecule has 0 heterocycles. The van der Waals surface area contributed by atoms with Gasteiger partial charge in [0.1, 0.15) is 0 Å². The molecule has 9 heavy (non-hydrogen) atoms. The number of rotatable bonds is 1. The molecular formula is C6H16O2Si. The van der Waals surface area contributed by atoms with Crippen LogP contribution in [0.2, 0.25) is 11.1 Å². The predicted molar refractivity (Wildman–Crippen MR) is 40.4 cm³/mol. The molecule has 0 aliphatic rings. The van der Waals surface area contributed by atoms with Crippen molar-refractivity contribution in [3.8, 4) is 0 Å². The molecule has 2 N–H and O–H groups in total. The zero-order valence-electron chi connectivity index (χ0n) is 6.60. The first kappa shape index (κ1) is 9.14. The van der Waals surface area contributed by atoms with Gasteiger partial charge in [-0.25, -0.2) is 0 Å². The van der Waals surface area contributed by atoms with Gasteiger partial charge in [0.25, 0.3) is 0 Å². The van der Waals surface area contributed by atoms with Gasteiger partial charge in [0.15, 0.2) is 0 Å². The highest BCUT2D eigenvalue weighted by Gasteiger charge is 2.40. The van der Waals surface area contributed by atoms with Gasteiger partial charge in [0.05, 0.1) is 0 Å². The van der Waals surface area contributed by atoms with Crippen molar-refractivity contribution in [2.24, 2.45) is 0 Å². The number of hydrogen-bond acceptors (Lipinski definition) is 2. The van der Waals surface area contributed by atoms with Gasteiger partial charge < -0.3 is 9.59 Å². The monoisotopic (exact) mass is 148 g/mol. The largest absolute Gasteiger partial charge is 0.410 e. The lowest BCUT2D eigenvalue weighted by molar-refractivity contribution is 0.316. The highest BCUT2D eigenvalue weighted by atomic mass is 28.4. The molecule has 3 heteroatoms. The molecule has 0 saturated carbocycles. The molecule has 0 unspecified atom stereocenters. The van der Waals surface area contributed by atoms with Crippen LogP contribution in [0.1, 0.15) is 27.7 Å². The van der Waals surface area contributed by atoms with E-state index in [0.29, 0.717) is 6.04 Å². The molecule has 0 radical (unpaired) electrons. The number of hydrogen-bond donors (Lipinski definition) is 2. The summed E-state index contributed by atoms with van der Waals surface area (Å²) in [6, 6.07) is 0.510. The van der Waals surface area contributed by atoms with E-state index in [9.17, 15) is 9.59 Å². The molecule has 0 aromatic heterocycles. The molecular weight excluding hydrogens is 132 g/mol. The third-order valence-electron chi connectivity index (χ3n) is 1.69. The lowest BCUT2D eigenvalue weighted by Gasteiger charge is -2.30. The Bertz CT molecular complexity index is 93.7. The third kappa shape index (κ3) is 2.08. The first-order valence-corrected chi connectivity index (χ1v) is 5.36. The fourth-order valence-electron chi connectivity index (χ4n) is 0.530. The molecule has 0 rings (SSSR count). The van der Waals surface area contributed by atoms with Crippen molar-refractivity contribution in [3.63, 3.8) is 0 Å². The third-order valence-corrected chi connectivity index (χ3v) is 5.08. The molecule has 0 spiro atoms. The van der Waals surface area contributed by atoms with E-state index in [0.717, 1.165) is 0 Å². The Balaban J connectivity index is 4.14. The van der Waals surface area contributed by atoms with Gasteiger partial charge in [-0.15, -0.1) is 0 Å². The van der Waals surface area contributed by atoms with E-state index >= 15 is 0 Å². The summed E-state index contributed by atoms with van der Waals surface area (Å²) >= 11 is 0. The van der Waals surface area contributed by atoms with E-state index < -0.39 is 8.56 Å². The highest BCUT2D eigenvalue weighted by molar-refractivity contribution is 6.67. The summed E-state index contributed by atoms with van der Waals surface area (Å²) in [7, 11) is -2.88. The van der Waals surface area contributed by atoms with Gasteiger partial charge in [-0.2, -0.15) is 0 Å². The summed E-state index contributed by atoms with van der Waals surface area (Å²) in [5, 5.41) is -0.304. The van der Waals surface area contributed by atoms with Crippen molar-refractivity contribution in [1.82, 2.24) is 0 Å². The predicted octanol–water partition coefficient (Wildman–Crippen LogP) is 1.23. The fourth-order valence-corrected chi connectivity index (χ4v) is 1.59. The summed E-state index contributed by atoms with van der Waals surface area (Å²) in [5.41, 5.74) is 0. The maximum Gasteiger partial charge on any atom is 0.338 e. The van der Waals surface area contributed by atoms with Crippen LogP contribution in [0.4, 0.5) is 0 Å². The Morgan fingerprint density at radius 1 is 1.22 bits per heavy atom. The Morgan fingerprint density at radius 3 is 1.56 bits per heavy atom. The zero-order chi connectivity index (χ0) is 7.71. The van der Waals surface area contributed by atoms with Gasteiger partial charge in [-0.3, -0.25) is 0 Å². The molecule has 2 nitrogen and oxygen atoms in total. The molecule has 0 aliphatic heterocycles. The standard InChI is InChI=1S/C6H16O2Si/c1-5-9(7,8)6(2,3)4/h7-8H,5H2,1-4H3. The lowest BCUT2D eigenvalue weighted by atomic mass is 10.2. The minimum atomic E-state index is -2.88. The van der Waals surface area contributed by atoms with Crippen molar-refractivity contribution in [1.29, 1.82) is 0 Å². The Morgan fingerprint density at radius 2 is 1.56 bits per heavy atom. The summed E-state index contributed by atoms with van der Waals surface area (Å²) in [5.74, 6) is 0. The van der Waals surface area contributed by atoms with Crippen molar-refractivity contribution < 1.29 is 9.59 Å². The van der Waals surface area contributed by atoms with Crippen LogP contribution in [0.15, 0.2) is 0 Å². The van der Waals surface area contributed by atoms with Crippen LogP contribution in [-0.2, 0) is 0 Å². The maximum atomic E-state index is 9.35. The summed E-state index contributed by atoms with van der Waals surface area (Å²) in [4.78, 5) is 18.7. The smallest absolute Gasteiger partial charge is 0.338 e. The normalized spacial score (nSPS) is 14.0. The molecule has 0 aliphatic carbocycles. The van der Waals surface area contributed by atoms with Crippen LogP contribution in [0.5, 0.6) is 0 Å². The Labute approximate surface area is 57.8 Å². The minimum Gasteiger partial charge on any atom is -0.410 e. The van der Waals surface area contributed by atoms with E-state index in [-0.39, 0.29) is 5.04 Å². The summed E-state index contributed by atoms with van der Waals surface area (Å²) in [6.07, 6.45) is 0. The van der Waals surface area contributed by atoms with E-state index in [1.807, 2.05) is 27.7 Å². The lowest BCUT2D eigenvalue weighted by Crippen LogP contribution is -2.43. The van der Waals surface area contributed by atoms with Crippen LogP contribution in [0.25, 0.3) is 0 Å². The molecule has 0 fully saturated rings. The first-order chi connectivity index (χ1) is 3.81. The average molecular weight is 148 g/mol. The van der Waals surface area contributed by atoms with Crippen LogP contribution in [0.3, 0.4) is 0 Å². The minimum absolute atomic E-state index is 0.304. The molecule has 0 bridgehead atoms. The highest BCUT2D eigenvalue weighted by Crippen LogP contribution is 2.33. The summed E-state index contributed by atoms with van der Waals surface area (Å²) in [6.45, 7) is 7.41. The van der Waals surface area contributed by atoms with Crippen LogP contribution < -0.4 is 0 Å². The quantitative estimate of drug-likeness (QED) is 0.549. The van der Waals surface area contributed by atoms with Crippen molar-refractivity contribution in [3.05, 3.63) is 0 Å². The van der Waals surface area contributed by atoms with Crippen LogP contribution in [-0.4, -0.2) is 18.2 Å². The second-order valence-corrected chi connectivity index (χ2v) is 7.26. The average Bonchev–Trinajstić information content (AvgIpc) is 1.64. The van der Waals surface area contributed by atoms with Gasteiger partial charge in [-0.05, 0) is 6.04 Å². The second kappa shape index (κ2) is 2.40. The molecule has 0 saturated heterocycles. The van der Waals surface area contributed by atoms with Gasteiger partial charge in [0.2, 0.25) is 0 Å². The van der Waals surface area contributed by atoms with E-state index in [2.05, 4.69) is 0 Å². The van der Waals surface area contributed by atoms with Gasteiger partial charge >= 0.3 is 8.56 Å². The molecule has 56 valence electrons. The van der Waals surface area contributed by atoms with Crippen molar-refractivity contribution in [2.75, 3.05) is 0 Å². The summed E-state index contributed by atoms with van der Waals surface area (Å²) < 4.78 is 0. The molecule has 0 aromatic carbocycles. The van der Waals surface area contributed by atoms with E-state index in [1.165, 1.54) is 0 Å². The maximum absolute atomic E-state index is 9.35. The Hall–Kier alpha value is 0.137. The van der Waals surface area contributed by atoms with Gasteiger partial charge in [0, 0.05) is 5.04 Å². The molecule has 0 amide bonds. The molecule has 0 aromatic rings. The first-order valence-electron chi connectivity index (χ1n) is 3.26. The van der Waals surface area contributed by atoms with Crippen LogP contribution in [0, 0.1) is 0 Å². The fraction of sp³-hybridized carbons (Fsp3) is 1.00. The molecule has 0 atom stereocenters. The van der Waals surface area contributed by atoms with Crippen molar-refractivity contribution >= 4 is 8.56 Å². The van der Waals surface area contributed by atoms with E-state index in [4.69, 9.17) is 0 Å². The van der Waals surface area contributed by atoms with Crippen molar-refractivity contribution in [2.45, 2.75) is 38.8 Å². The second-order valence-electron chi connectivity index (χ2n) is 3.42. The van der Waals surface area contributed by atoms with E-state index in [1.54, 1.807) is 0 Å². The van der Waals surface area contributed by atoms with Gasteiger partial charge in [-0.1, -0.05) is 27.7 Å². The SMILES string of the molecule is CC[Si](O)(O)C(C)(C)C. The Kier molecular flexibility index (Phi) is 2.44. The van der Waals surface area contributed by atoms with Crippen LogP contribution >= 0.6 is 0 Å². The zero-order valence-corrected chi connectivity index (χ0v) is 7.60.